The van der Waals surface area contributed by atoms with E-state index in [1.54, 1.807) is 18.0 Å². The van der Waals surface area contributed by atoms with E-state index in [4.69, 9.17) is 27.1 Å². The van der Waals surface area contributed by atoms with Gasteiger partial charge >= 0.3 is 5.97 Å². The molecule has 1 aromatic carbocycles. The van der Waals surface area contributed by atoms with Gasteiger partial charge in [0.1, 0.15) is 11.9 Å². The molecule has 2 aliphatic rings. The minimum absolute atomic E-state index is 0.117. The van der Waals surface area contributed by atoms with Crippen LogP contribution in [0.25, 0.3) is 0 Å². The number of aliphatic imine (C=N–C) groups is 1. The number of nitrogens with two attached hydrogens (primary N) is 1. The number of primary amides is 1. The second kappa shape index (κ2) is 8.16. The normalized spacial score (nSPS) is 20.8. The summed E-state index contributed by atoms with van der Waals surface area (Å²) in [4.78, 5) is 36.1. The van der Waals surface area contributed by atoms with Crippen LogP contribution in [0.3, 0.4) is 0 Å². The van der Waals surface area contributed by atoms with Crippen molar-refractivity contribution in [2.24, 2.45) is 16.6 Å². The lowest BCUT2D eigenvalue weighted by molar-refractivity contribution is -0.139. The molecule has 1 amide bonds. The number of esters is 1. The number of carbonyl (C=O) groups is 2. The number of hydrogen-bond donors (Lipinski definition) is 1. The standard InChI is InChI=1S/C20H18ClFN4O3S/c1-2-29-20(28)14-15(11-4-3-10(22)9-13(11)21)25-18(19-24-6-8-30-19)26-7-5-12(16(14)26)17(23)27/h3-4,6,8-9,12,15H,2,5,7H2,1H3,(H2,23,27)/t12-,15-/m0/s1. The van der Waals surface area contributed by atoms with E-state index in [9.17, 15) is 14.0 Å². The maximum Gasteiger partial charge on any atom is 0.338 e. The molecule has 0 bridgehead atoms. The zero-order chi connectivity index (χ0) is 21.4. The van der Waals surface area contributed by atoms with Crippen molar-refractivity contribution in [3.8, 4) is 0 Å². The van der Waals surface area contributed by atoms with Crippen molar-refractivity contribution < 1.29 is 18.7 Å². The summed E-state index contributed by atoms with van der Waals surface area (Å²) < 4.78 is 19.0. The van der Waals surface area contributed by atoms with Crippen molar-refractivity contribution in [2.75, 3.05) is 13.2 Å². The number of rotatable bonds is 5. The fourth-order valence-corrected chi connectivity index (χ4v) is 4.72. The van der Waals surface area contributed by atoms with Crippen LogP contribution in [0.1, 0.15) is 30.0 Å². The molecule has 10 heteroatoms. The van der Waals surface area contributed by atoms with Crippen molar-refractivity contribution in [3.05, 3.63) is 62.5 Å². The van der Waals surface area contributed by atoms with Gasteiger partial charge in [-0.25, -0.2) is 14.2 Å². The second-order valence-electron chi connectivity index (χ2n) is 6.77. The van der Waals surface area contributed by atoms with E-state index in [2.05, 4.69) is 4.98 Å². The third-order valence-electron chi connectivity index (χ3n) is 5.04. The highest BCUT2D eigenvalue weighted by Gasteiger charge is 2.45. The lowest BCUT2D eigenvalue weighted by atomic mass is 9.90. The first-order valence-corrected chi connectivity index (χ1v) is 10.6. The summed E-state index contributed by atoms with van der Waals surface area (Å²) in [5.74, 6) is -1.83. The van der Waals surface area contributed by atoms with E-state index in [0.29, 0.717) is 35.1 Å². The number of thiazole rings is 1. The number of hydrogen-bond acceptors (Lipinski definition) is 7. The Balaban J connectivity index is 1.97. The van der Waals surface area contributed by atoms with Crippen LogP contribution in [-0.2, 0) is 14.3 Å². The molecule has 0 radical (unpaired) electrons. The maximum absolute atomic E-state index is 13.7. The Morgan fingerprint density at radius 2 is 2.23 bits per heavy atom. The Kier molecular flexibility index (Phi) is 5.57. The quantitative estimate of drug-likeness (QED) is 0.709. The number of ether oxygens (including phenoxy) is 1. The van der Waals surface area contributed by atoms with Gasteiger partial charge in [-0.05, 0) is 25.5 Å². The first-order chi connectivity index (χ1) is 14.4. The molecule has 1 aromatic heterocycles. The molecule has 2 atom stereocenters. The molecule has 2 aromatic rings. The SMILES string of the molecule is CCOC(=O)C1=C2[C@@H](C(N)=O)CCN2C(c2nccs2)=N[C@H]1c1ccc(F)cc1Cl. The number of fused-ring (bicyclic) bond motifs is 1. The topological polar surface area (TPSA) is 97.9 Å². The van der Waals surface area contributed by atoms with Gasteiger partial charge in [-0.1, -0.05) is 17.7 Å². The number of nitrogens with zero attached hydrogens (tertiary/aromatic N) is 3. The number of amidine groups is 1. The van der Waals surface area contributed by atoms with Gasteiger partial charge in [0.2, 0.25) is 5.91 Å². The number of amides is 1. The molecule has 0 saturated carbocycles. The average molecular weight is 449 g/mol. The smallest absolute Gasteiger partial charge is 0.338 e. The Hall–Kier alpha value is -2.78. The molecule has 0 aliphatic carbocycles. The molecule has 0 spiro atoms. The summed E-state index contributed by atoms with van der Waals surface area (Å²) in [7, 11) is 0. The van der Waals surface area contributed by atoms with E-state index in [0.717, 1.165) is 6.07 Å². The zero-order valence-corrected chi connectivity index (χ0v) is 17.5. The van der Waals surface area contributed by atoms with Crippen LogP contribution < -0.4 is 5.73 Å². The third kappa shape index (κ3) is 3.48. The van der Waals surface area contributed by atoms with Crippen LogP contribution >= 0.6 is 22.9 Å². The van der Waals surface area contributed by atoms with Gasteiger partial charge in [0, 0.05) is 34.4 Å². The van der Waals surface area contributed by atoms with E-state index in [-0.39, 0.29) is 17.2 Å². The van der Waals surface area contributed by atoms with Crippen LogP contribution in [0, 0.1) is 11.7 Å². The molecule has 3 heterocycles. The molecule has 7 nitrogen and oxygen atoms in total. The molecular weight excluding hydrogens is 431 g/mol. The molecule has 4 rings (SSSR count). The van der Waals surface area contributed by atoms with Crippen molar-refractivity contribution in [3.63, 3.8) is 0 Å². The van der Waals surface area contributed by atoms with Gasteiger partial charge in [-0.15, -0.1) is 11.3 Å². The Labute approximate surface area is 181 Å². The lowest BCUT2D eigenvalue weighted by Gasteiger charge is -2.33. The first kappa shape index (κ1) is 20.5. The highest BCUT2D eigenvalue weighted by atomic mass is 35.5. The van der Waals surface area contributed by atoms with Gasteiger partial charge < -0.3 is 15.4 Å². The second-order valence-corrected chi connectivity index (χ2v) is 8.07. The average Bonchev–Trinajstić information content (AvgIpc) is 3.37. The molecule has 156 valence electrons. The summed E-state index contributed by atoms with van der Waals surface area (Å²) >= 11 is 7.70. The van der Waals surface area contributed by atoms with E-state index in [1.165, 1.54) is 23.5 Å². The fraction of sp³-hybridized carbons (Fsp3) is 0.300. The van der Waals surface area contributed by atoms with Crippen LogP contribution in [0.5, 0.6) is 0 Å². The van der Waals surface area contributed by atoms with E-state index < -0.39 is 29.7 Å². The minimum Gasteiger partial charge on any atom is -0.463 e. The Morgan fingerprint density at radius 1 is 1.43 bits per heavy atom. The Bertz CT molecular complexity index is 1070. The molecule has 2 aliphatic heterocycles. The molecule has 30 heavy (non-hydrogen) atoms. The summed E-state index contributed by atoms with van der Waals surface area (Å²) in [6, 6.07) is 3.01. The molecule has 0 unspecified atom stereocenters. The third-order valence-corrected chi connectivity index (χ3v) is 6.13. The minimum atomic E-state index is -0.887. The number of benzene rings is 1. The number of aromatic nitrogens is 1. The van der Waals surface area contributed by atoms with Crippen molar-refractivity contribution >= 4 is 40.6 Å². The van der Waals surface area contributed by atoms with Crippen LogP contribution in [-0.4, -0.2) is 40.7 Å². The van der Waals surface area contributed by atoms with Gasteiger partial charge in [-0.2, -0.15) is 0 Å². The Morgan fingerprint density at radius 3 is 2.87 bits per heavy atom. The van der Waals surface area contributed by atoms with Crippen molar-refractivity contribution in [2.45, 2.75) is 19.4 Å². The lowest BCUT2D eigenvalue weighted by Crippen LogP contribution is -2.38. The maximum atomic E-state index is 13.7. The van der Waals surface area contributed by atoms with Crippen molar-refractivity contribution in [1.29, 1.82) is 0 Å². The fourth-order valence-electron chi connectivity index (χ4n) is 3.81. The zero-order valence-electron chi connectivity index (χ0n) is 16.0. The van der Waals surface area contributed by atoms with E-state index in [1.807, 2.05) is 5.38 Å². The highest BCUT2D eigenvalue weighted by molar-refractivity contribution is 7.11. The van der Waals surface area contributed by atoms with Gasteiger partial charge in [0.05, 0.1) is 18.1 Å². The molecule has 1 saturated heterocycles. The monoisotopic (exact) mass is 448 g/mol. The predicted molar refractivity (Wildman–Crippen MR) is 110 cm³/mol. The van der Waals surface area contributed by atoms with Crippen LogP contribution in [0.15, 0.2) is 46.0 Å². The van der Waals surface area contributed by atoms with Gasteiger partial charge in [0.25, 0.3) is 0 Å². The summed E-state index contributed by atoms with van der Waals surface area (Å²) in [6.45, 7) is 2.28. The number of halogens is 2. The van der Waals surface area contributed by atoms with Crippen molar-refractivity contribution in [1.82, 2.24) is 9.88 Å². The molecular formula is C20H18ClFN4O3S. The first-order valence-electron chi connectivity index (χ1n) is 9.33. The summed E-state index contributed by atoms with van der Waals surface area (Å²) in [5, 5.41) is 2.55. The van der Waals surface area contributed by atoms with E-state index >= 15 is 0 Å². The highest BCUT2D eigenvalue weighted by Crippen LogP contribution is 2.44. The largest absolute Gasteiger partial charge is 0.463 e. The van der Waals surface area contributed by atoms with Gasteiger partial charge in [0.15, 0.2) is 10.8 Å². The molecule has 2 N–H and O–H groups in total. The van der Waals surface area contributed by atoms with Gasteiger partial charge in [-0.3, -0.25) is 9.79 Å². The van der Waals surface area contributed by atoms with Crippen LogP contribution in [0.4, 0.5) is 4.39 Å². The predicted octanol–water partition coefficient (Wildman–Crippen LogP) is 3.06. The summed E-state index contributed by atoms with van der Waals surface area (Å²) in [5.41, 5.74) is 6.72. The van der Waals surface area contributed by atoms with Crippen LogP contribution in [0.2, 0.25) is 5.02 Å². The molecule has 1 fully saturated rings. The summed E-state index contributed by atoms with van der Waals surface area (Å²) in [6.07, 6.45) is 2.08. The number of carbonyl (C=O) groups excluding carboxylic acids is 2.